The fourth-order valence-corrected chi connectivity index (χ4v) is 2.87. The molecule has 0 radical (unpaired) electrons. The van der Waals surface area contributed by atoms with Gasteiger partial charge in [-0.2, -0.15) is 0 Å². The summed E-state index contributed by atoms with van der Waals surface area (Å²) in [7, 11) is 1.60. The molecule has 1 rings (SSSR count). The van der Waals surface area contributed by atoms with Gasteiger partial charge in [0.25, 0.3) is 0 Å². The molecule has 0 aromatic carbocycles. The van der Waals surface area contributed by atoms with Gasteiger partial charge < -0.3 is 16.0 Å². The Morgan fingerprint density at radius 1 is 1.37 bits per heavy atom. The van der Waals surface area contributed by atoms with E-state index < -0.39 is 0 Å². The highest BCUT2D eigenvalue weighted by Crippen LogP contribution is 2.31. The van der Waals surface area contributed by atoms with Crippen molar-refractivity contribution in [2.75, 3.05) is 26.7 Å². The molecule has 3 N–H and O–H groups in total. The largest absolute Gasteiger partial charge is 0.358 e. The van der Waals surface area contributed by atoms with E-state index >= 15 is 0 Å². The summed E-state index contributed by atoms with van der Waals surface area (Å²) in [6.07, 6.45) is 5.16. The van der Waals surface area contributed by atoms with Gasteiger partial charge in [-0.05, 0) is 38.6 Å². The zero-order valence-corrected chi connectivity index (χ0v) is 12.2. The van der Waals surface area contributed by atoms with Crippen molar-refractivity contribution >= 4 is 11.8 Å². The topological polar surface area (TPSA) is 75.4 Å². The van der Waals surface area contributed by atoms with Crippen LogP contribution in [0.2, 0.25) is 0 Å². The maximum atomic E-state index is 12.4. The van der Waals surface area contributed by atoms with Crippen molar-refractivity contribution in [3.05, 3.63) is 0 Å². The number of likely N-dealkylation sites (N-methyl/N-ethyl adjacent to an activating group) is 2. The average molecular weight is 269 g/mol. The highest BCUT2D eigenvalue weighted by Gasteiger charge is 2.30. The lowest BCUT2D eigenvalue weighted by Crippen LogP contribution is -2.43. The molecule has 2 unspecified atom stereocenters. The van der Waals surface area contributed by atoms with Gasteiger partial charge in [-0.1, -0.05) is 12.8 Å². The first-order valence-electron chi connectivity index (χ1n) is 7.31. The Morgan fingerprint density at radius 2 is 2.11 bits per heavy atom. The molecule has 1 saturated carbocycles. The van der Waals surface area contributed by atoms with Crippen LogP contribution in [0.15, 0.2) is 0 Å². The van der Waals surface area contributed by atoms with Crippen molar-refractivity contribution in [1.29, 1.82) is 0 Å². The molecule has 0 aromatic heterocycles. The molecule has 19 heavy (non-hydrogen) atoms. The van der Waals surface area contributed by atoms with Crippen molar-refractivity contribution in [3.8, 4) is 0 Å². The average Bonchev–Trinajstić information content (AvgIpc) is 2.44. The van der Waals surface area contributed by atoms with Crippen molar-refractivity contribution in [2.45, 2.75) is 39.0 Å². The molecular weight excluding hydrogens is 242 g/mol. The van der Waals surface area contributed by atoms with Gasteiger partial charge in [0, 0.05) is 19.5 Å². The van der Waals surface area contributed by atoms with Gasteiger partial charge in [-0.15, -0.1) is 0 Å². The molecule has 5 nitrogen and oxygen atoms in total. The van der Waals surface area contributed by atoms with Gasteiger partial charge in [0.05, 0.1) is 6.54 Å². The summed E-state index contributed by atoms with van der Waals surface area (Å²) < 4.78 is 0. The molecule has 0 aliphatic heterocycles. The Labute approximate surface area is 115 Å². The van der Waals surface area contributed by atoms with Crippen molar-refractivity contribution in [3.63, 3.8) is 0 Å². The Hall–Kier alpha value is -1.10. The lowest BCUT2D eigenvalue weighted by Gasteiger charge is -2.32. The number of hydrogen-bond acceptors (Lipinski definition) is 3. The molecule has 5 heteroatoms. The van der Waals surface area contributed by atoms with Crippen LogP contribution in [0.25, 0.3) is 0 Å². The predicted molar refractivity (Wildman–Crippen MR) is 75.4 cm³/mol. The minimum absolute atomic E-state index is 0.0786. The lowest BCUT2D eigenvalue weighted by atomic mass is 9.79. The fraction of sp³-hybridized carbons (Fsp3) is 0.857. The molecule has 1 fully saturated rings. The number of nitrogens with one attached hydrogen (secondary N) is 1. The Morgan fingerprint density at radius 3 is 2.68 bits per heavy atom. The van der Waals surface area contributed by atoms with Gasteiger partial charge in [0.15, 0.2) is 0 Å². The molecule has 0 aromatic rings. The van der Waals surface area contributed by atoms with Crippen LogP contribution in [-0.2, 0) is 9.59 Å². The van der Waals surface area contributed by atoms with E-state index in [4.69, 9.17) is 5.73 Å². The van der Waals surface area contributed by atoms with E-state index in [-0.39, 0.29) is 24.3 Å². The third-order valence-electron chi connectivity index (χ3n) is 4.01. The van der Waals surface area contributed by atoms with Crippen molar-refractivity contribution < 1.29 is 9.59 Å². The summed E-state index contributed by atoms with van der Waals surface area (Å²) >= 11 is 0. The van der Waals surface area contributed by atoms with Crippen LogP contribution < -0.4 is 11.1 Å². The first-order valence-corrected chi connectivity index (χ1v) is 7.31. The van der Waals surface area contributed by atoms with Crippen LogP contribution in [0.3, 0.4) is 0 Å². The SMILES string of the molecule is CCN(CC(=O)NC)C(=O)C1CCCC(CCN)C1. The number of amides is 2. The van der Waals surface area contributed by atoms with Crippen molar-refractivity contribution in [2.24, 2.45) is 17.6 Å². The van der Waals surface area contributed by atoms with E-state index in [2.05, 4.69) is 5.32 Å². The van der Waals surface area contributed by atoms with Crippen LogP contribution in [0, 0.1) is 11.8 Å². The van der Waals surface area contributed by atoms with E-state index in [1.165, 1.54) is 6.42 Å². The first kappa shape index (κ1) is 16.0. The number of hydrogen-bond donors (Lipinski definition) is 2. The van der Waals surface area contributed by atoms with E-state index in [0.29, 0.717) is 19.0 Å². The zero-order chi connectivity index (χ0) is 14.3. The molecule has 0 bridgehead atoms. The van der Waals surface area contributed by atoms with E-state index in [0.717, 1.165) is 25.7 Å². The molecular formula is C14H27N3O2. The summed E-state index contributed by atoms with van der Waals surface area (Å²) in [5, 5.41) is 2.57. The number of carbonyl (C=O) groups is 2. The summed E-state index contributed by atoms with van der Waals surface area (Å²) in [6.45, 7) is 3.37. The molecule has 110 valence electrons. The summed E-state index contributed by atoms with van der Waals surface area (Å²) in [5.74, 6) is 0.679. The fourth-order valence-electron chi connectivity index (χ4n) is 2.87. The third kappa shape index (κ3) is 4.82. The van der Waals surface area contributed by atoms with Crippen LogP contribution >= 0.6 is 0 Å². The van der Waals surface area contributed by atoms with Gasteiger partial charge in [-0.3, -0.25) is 9.59 Å². The lowest BCUT2D eigenvalue weighted by molar-refractivity contribution is -0.140. The normalized spacial score (nSPS) is 22.9. The number of rotatable bonds is 6. The number of nitrogens with two attached hydrogens (primary N) is 1. The Bertz CT molecular complexity index is 305. The second-order valence-electron chi connectivity index (χ2n) is 5.33. The summed E-state index contributed by atoms with van der Waals surface area (Å²) in [4.78, 5) is 25.5. The van der Waals surface area contributed by atoms with E-state index in [9.17, 15) is 9.59 Å². The number of carbonyl (C=O) groups excluding carboxylic acids is 2. The quantitative estimate of drug-likeness (QED) is 0.746. The maximum absolute atomic E-state index is 12.4. The summed E-state index contributed by atoms with van der Waals surface area (Å²) in [5.41, 5.74) is 5.60. The Kier molecular flexibility index (Phi) is 6.84. The monoisotopic (exact) mass is 269 g/mol. The minimum atomic E-state index is -0.107. The number of nitrogens with zero attached hydrogens (tertiary/aromatic N) is 1. The van der Waals surface area contributed by atoms with E-state index in [1.807, 2.05) is 6.92 Å². The van der Waals surface area contributed by atoms with Gasteiger partial charge in [0.1, 0.15) is 0 Å². The van der Waals surface area contributed by atoms with Crippen molar-refractivity contribution in [1.82, 2.24) is 10.2 Å². The van der Waals surface area contributed by atoms with Crippen LogP contribution in [0.4, 0.5) is 0 Å². The molecule has 1 aliphatic carbocycles. The van der Waals surface area contributed by atoms with Crippen LogP contribution in [0.5, 0.6) is 0 Å². The standard InChI is InChI=1S/C14H27N3O2/c1-3-17(10-13(18)16-2)14(19)12-6-4-5-11(9-12)7-8-15/h11-12H,3-10,15H2,1-2H3,(H,16,18). The molecule has 0 heterocycles. The highest BCUT2D eigenvalue weighted by atomic mass is 16.2. The first-order chi connectivity index (χ1) is 9.12. The minimum Gasteiger partial charge on any atom is -0.358 e. The van der Waals surface area contributed by atoms with Gasteiger partial charge >= 0.3 is 0 Å². The van der Waals surface area contributed by atoms with Crippen LogP contribution in [0.1, 0.15) is 39.0 Å². The second kappa shape index (κ2) is 8.15. The molecule has 2 amide bonds. The zero-order valence-electron chi connectivity index (χ0n) is 12.2. The van der Waals surface area contributed by atoms with Gasteiger partial charge in [0.2, 0.25) is 11.8 Å². The smallest absolute Gasteiger partial charge is 0.239 e. The molecule has 0 saturated heterocycles. The highest BCUT2D eigenvalue weighted by molar-refractivity contribution is 5.85. The maximum Gasteiger partial charge on any atom is 0.239 e. The predicted octanol–water partition coefficient (Wildman–Crippen LogP) is 0.736. The molecule has 1 aliphatic rings. The third-order valence-corrected chi connectivity index (χ3v) is 4.01. The van der Waals surface area contributed by atoms with Gasteiger partial charge in [-0.25, -0.2) is 0 Å². The summed E-state index contributed by atoms with van der Waals surface area (Å²) in [6, 6.07) is 0. The van der Waals surface area contributed by atoms with Crippen LogP contribution in [-0.4, -0.2) is 43.4 Å². The Balaban J connectivity index is 2.56. The van der Waals surface area contributed by atoms with E-state index in [1.54, 1.807) is 11.9 Å². The molecule has 0 spiro atoms. The molecule has 2 atom stereocenters. The second-order valence-corrected chi connectivity index (χ2v) is 5.33.